The van der Waals surface area contributed by atoms with Crippen molar-refractivity contribution in [3.05, 3.63) is 52.1 Å². The first-order chi connectivity index (χ1) is 11.0. The Hall–Kier alpha value is -1.92. The Morgan fingerprint density at radius 2 is 1.75 bits per heavy atom. The SMILES string of the molecule is Cc1cc(-c2ccc(S(C)(=O)=O)cc2)c(CCC(C)(C)O)c(=O)o1. The van der Waals surface area contributed by atoms with E-state index in [1.165, 1.54) is 12.1 Å². The van der Waals surface area contributed by atoms with Crippen molar-refractivity contribution in [2.24, 2.45) is 0 Å². The van der Waals surface area contributed by atoms with E-state index in [2.05, 4.69) is 0 Å². The van der Waals surface area contributed by atoms with Gasteiger partial charge in [0.2, 0.25) is 0 Å². The summed E-state index contributed by atoms with van der Waals surface area (Å²) in [5.74, 6) is 0.481. The molecule has 0 unspecified atom stereocenters. The van der Waals surface area contributed by atoms with Gasteiger partial charge in [0.05, 0.1) is 10.5 Å². The van der Waals surface area contributed by atoms with E-state index in [4.69, 9.17) is 4.42 Å². The van der Waals surface area contributed by atoms with Crippen molar-refractivity contribution in [1.29, 1.82) is 0 Å². The molecule has 1 heterocycles. The maximum absolute atomic E-state index is 12.2. The number of rotatable bonds is 5. The first-order valence-corrected chi connectivity index (χ1v) is 9.53. The lowest BCUT2D eigenvalue weighted by atomic mass is 9.94. The van der Waals surface area contributed by atoms with Crippen LogP contribution in [0.15, 0.2) is 44.4 Å². The fourth-order valence-electron chi connectivity index (χ4n) is 2.44. The van der Waals surface area contributed by atoms with E-state index in [-0.39, 0.29) is 4.90 Å². The van der Waals surface area contributed by atoms with Crippen LogP contribution in [0.1, 0.15) is 31.6 Å². The third-order valence-electron chi connectivity index (χ3n) is 3.75. The normalized spacial score (nSPS) is 12.4. The second kappa shape index (κ2) is 6.53. The topological polar surface area (TPSA) is 84.6 Å². The Balaban J connectivity index is 2.51. The molecule has 0 amide bonds. The van der Waals surface area contributed by atoms with Crippen LogP contribution in [0.5, 0.6) is 0 Å². The highest BCUT2D eigenvalue weighted by molar-refractivity contribution is 7.90. The fourth-order valence-corrected chi connectivity index (χ4v) is 3.07. The van der Waals surface area contributed by atoms with Crippen molar-refractivity contribution in [3.8, 4) is 11.1 Å². The summed E-state index contributed by atoms with van der Waals surface area (Å²) in [7, 11) is -3.27. The second-order valence-electron chi connectivity index (χ2n) is 6.65. The molecule has 0 aliphatic heterocycles. The van der Waals surface area contributed by atoms with Gasteiger partial charge in [-0.2, -0.15) is 0 Å². The largest absolute Gasteiger partial charge is 0.428 e. The second-order valence-corrected chi connectivity index (χ2v) is 8.66. The van der Waals surface area contributed by atoms with Gasteiger partial charge in [-0.05, 0) is 62.9 Å². The first kappa shape index (κ1) is 18.4. The molecule has 0 radical (unpaired) electrons. The molecule has 1 aromatic heterocycles. The molecule has 0 aliphatic carbocycles. The van der Waals surface area contributed by atoms with Crippen LogP contribution >= 0.6 is 0 Å². The fraction of sp³-hybridized carbons (Fsp3) is 0.389. The van der Waals surface area contributed by atoms with E-state index in [1.54, 1.807) is 39.0 Å². The number of benzene rings is 1. The van der Waals surface area contributed by atoms with E-state index in [0.29, 0.717) is 29.7 Å². The van der Waals surface area contributed by atoms with Gasteiger partial charge in [-0.25, -0.2) is 13.2 Å². The summed E-state index contributed by atoms with van der Waals surface area (Å²) in [5, 5.41) is 9.91. The van der Waals surface area contributed by atoms with E-state index in [1.807, 2.05) is 0 Å². The summed E-state index contributed by atoms with van der Waals surface area (Å²) in [4.78, 5) is 12.5. The number of sulfone groups is 1. The molecule has 0 saturated heterocycles. The van der Waals surface area contributed by atoms with Gasteiger partial charge in [0.25, 0.3) is 0 Å². The minimum atomic E-state index is -3.27. The summed E-state index contributed by atoms with van der Waals surface area (Å²) < 4.78 is 28.3. The molecule has 24 heavy (non-hydrogen) atoms. The Bertz CT molecular complexity index is 884. The molecular weight excluding hydrogens is 328 g/mol. The third kappa shape index (κ3) is 4.55. The monoisotopic (exact) mass is 350 g/mol. The molecule has 0 saturated carbocycles. The van der Waals surface area contributed by atoms with Crippen molar-refractivity contribution >= 4 is 9.84 Å². The minimum Gasteiger partial charge on any atom is -0.428 e. The molecule has 130 valence electrons. The molecule has 6 heteroatoms. The van der Waals surface area contributed by atoms with Gasteiger partial charge in [-0.1, -0.05) is 12.1 Å². The summed E-state index contributed by atoms with van der Waals surface area (Å²) in [6, 6.07) is 8.16. The van der Waals surface area contributed by atoms with Crippen molar-refractivity contribution in [2.75, 3.05) is 6.26 Å². The van der Waals surface area contributed by atoms with Crippen LogP contribution in [0.3, 0.4) is 0 Å². The van der Waals surface area contributed by atoms with Gasteiger partial charge in [0.15, 0.2) is 9.84 Å². The lowest BCUT2D eigenvalue weighted by molar-refractivity contribution is 0.0712. The molecule has 1 aromatic carbocycles. The highest BCUT2D eigenvalue weighted by Crippen LogP contribution is 2.26. The standard InChI is InChI=1S/C18H22O5S/c1-12-11-16(13-5-7-14(8-6-13)24(4,21)22)15(17(19)23-12)9-10-18(2,3)20/h5-8,11,20H,9-10H2,1-4H3. The van der Waals surface area contributed by atoms with Gasteiger partial charge < -0.3 is 9.52 Å². The molecule has 2 aromatic rings. The lowest BCUT2D eigenvalue weighted by Gasteiger charge is -2.17. The maximum atomic E-state index is 12.2. The Morgan fingerprint density at radius 3 is 2.25 bits per heavy atom. The van der Waals surface area contributed by atoms with Crippen LogP contribution in [0, 0.1) is 6.92 Å². The molecule has 0 fully saturated rings. The van der Waals surface area contributed by atoms with Gasteiger partial charge in [-0.15, -0.1) is 0 Å². The average Bonchev–Trinajstić information content (AvgIpc) is 2.43. The van der Waals surface area contributed by atoms with Crippen LogP contribution in [-0.4, -0.2) is 25.4 Å². The predicted molar refractivity (Wildman–Crippen MR) is 92.9 cm³/mol. The van der Waals surface area contributed by atoms with Crippen LogP contribution in [0.25, 0.3) is 11.1 Å². The van der Waals surface area contributed by atoms with E-state index in [9.17, 15) is 18.3 Å². The molecule has 2 rings (SSSR count). The smallest absolute Gasteiger partial charge is 0.339 e. The van der Waals surface area contributed by atoms with E-state index >= 15 is 0 Å². The van der Waals surface area contributed by atoms with Crippen molar-refractivity contribution in [2.45, 2.75) is 44.1 Å². The van der Waals surface area contributed by atoms with Crippen molar-refractivity contribution in [3.63, 3.8) is 0 Å². The number of aliphatic hydroxyl groups is 1. The minimum absolute atomic E-state index is 0.226. The molecule has 1 N–H and O–H groups in total. The molecule has 0 spiro atoms. The summed E-state index contributed by atoms with van der Waals surface area (Å²) in [5.41, 5.74) is 0.600. The Kier molecular flexibility index (Phi) is 5.01. The molecule has 0 bridgehead atoms. The molecule has 0 aliphatic rings. The zero-order chi connectivity index (χ0) is 18.1. The van der Waals surface area contributed by atoms with Gasteiger partial charge in [0.1, 0.15) is 5.76 Å². The first-order valence-electron chi connectivity index (χ1n) is 7.64. The van der Waals surface area contributed by atoms with Gasteiger partial charge in [0, 0.05) is 11.8 Å². The maximum Gasteiger partial charge on any atom is 0.339 e. The zero-order valence-corrected chi connectivity index (χ0v) is 15.1. The third-order valence-corrected chi connectivity index (χ3v) is 4.88. The molecular formula is C18H22O5S. The lowest BCUT2D eigenvalue weighted by Crippen LogP contribution is -2.21. The van der Waals surface area contributed by atoms with Gasteiger partial charge >= 0.3 is 5.63 Å². The zero-order valence-electron chi connectivity index (χ0n) is 14.3. The quantitative estimate of drug-likeness (QED) is 0.896. The molecule has 5 nitrogen and oxygen atoms in total. The highest BCUT2D eigenvalue weighted by atomic mass is 32.2. The molecule has 0 atom stereocenters. The Morgan fingerprint density at radius 1 is 1.17 bits per heavy atom. The number of aryl methyl sites for hydroxylation is 1. The average molecular weight is 350 g/mol. The van der Waals surface area contributed by atoms with Crippen molar-refractivity contribution < 1.29 is 17.9 Å². The van der Waals surface area contributed by atoms with E-state index in [0.717, 1.165) is 11.8 Å². The number of hydrogen-bond acceptors (Lipinski definition) is 5. The van der Waals surface area contributed by atoms with Crippen LogP contribution < -0.4 is 5.63 Å². The predicted octanol–water partition coefficient (Wildman–Crippen LogP) is 2.72. The number of hydrogen-bond donors (Lipinski definition) is 1. The Labute approximate surface area is 141 Å². The summed E-state index contributed by atoms with van der Waals surface area (Å²) >= 11 is 0. The van der Waals surface area contributed by atoms with Gasteiger partial charge in [-0.3, -0.25) is 0 Å². The summed E-state index contributed by atoms with van der Waals surface area (Å²) in [6.07, 6.45) is 1.93. The van der Waals surface area contributed by atoms with Crippen molar-refractivity contribution in [1.82, 2.24) is 0 Å². The highest BCUT2D eigenvalue weighted by Gasteiger charge is 2.18. The van der Waals surface area contributed by atoms with Crippen LogP contribution in [0.2, 0.25) is 0 Å². The van der Waals surface area contributed by atoms with E-state index < -0.39 is 21.1 Å². The van der Waals surface area contributed by atoms with Crippen LogP contribution in [-0.2, 0) is 16.3 Å². The summed E-state index contributed by atoms with van der Waals surface area (Å²) in [6.45, 7) is 5.06. The van der Waals surface area contributed by atoms with Crippen LogP contribution in [0.4, 0.5) is 0 Å².